The highest BCUT2D eigenvalue weighted by molar-refractivity contribution is 4.70. The third-order valence-corrected chi connectivity index (χ3v) is 1.85. The van der Waals surface area contributed by atoms with Crippen LogP contribution in [0, 0.1) is 0 Å². The van der Waals surface area contributed by atoms with E-state index < -0.39 is 5.60 Å². The molecule has 1 atom stereocenters. The van der Waals surface area contributed by atoms with Crippen LogP contribution in [0.1, 0.15) is 39.5 Å². The molecule has 0 bridgehead atoms. The minimum absolute atomic E-state index is 0.479. The second-order valence-corrected chi connectivity index (χ2v) is 3.34. The standard InChI is InChI=1S/C9H20O2/c1-4-6-9(2,10)7-5-8-11-3/h10H,4-8H2,1-3H3. The second kappa shape index (κ2) is 5.56. The van der Waals surface area contributed by atoms with Gasteiger partial charge in [-0.15, -0.1) is 0 Å². The first-order chi connectivity index (χ1) is 5.12. The van der Waals surface area contributed by atoms with E-state index in [9.17, 15) is 5.11 Å². The van der Waals surface area contributed by atoms with Crippen molar-refractivity contribution in [3.63, 3.8) is 0 Å². The minimum Gasteiger partial charge on any atom is -0.390 e. The van der Waals surface area contributed by atoms with Crippen molar-refractivity contribution in [3.05, 3.63) is 0 Å². The highest BCUT2D eigenvalue weighted by Crippen LogP contribution is 2.17. The van der Waals surface area contributed by atoms with E-state index in [4.69, 9.17) is 4.74 Å². The quantitative estimate of drug-likeness (QED) is 0.602. The maximum atomic E-state index is 9.69. The number of hydrogen-bond donors (Lipinski definition) is 1. The van der Waals surface area contributed by atoms with Crippen molar-refractivity contribution in [1.29, 1.82) is 0 Å². The average Bonchev–Trinajstić information content (AvgIpc) is 1.87. The van der Waals surface area contributed by atoms with Gasteiger partial charge in [0.1, 0.15) is 0 Å². The summed E-state index contributed by atoms with van der Waals surface area (Å²) < 4.78 is 4.90. The molecule has 1 unspecified atom stereocenters. The molecule has 1 N–H and O–H groups in total. The molecule has 0 aromatic rings. The van der Waals surface area contributed by atoms with Crippen LogP contribution in [0.3, 0.4) is 0 Å². The lowest BCUT2D eigenvalue weighted by atomic mass is 9.95. The summed E-state index contributed by atoms with van der Waals surface area (Å²) in [4.78, 5) is 0. The van der Waals surface area contributed by atoms with Crippen molar-refractivity contribution in [3.8, 4) is 0 Å². The smallest absolute Gasteiger partial charge is 0.0620 e. The molecule has 0 aliphatic heterocycles. The molecule has 0 amide bonds. The van der Waals surface area contributed by atoms with Crippen molar-refractivity contribution >= 4 is 0 Å². The van der Waals surface area contributed by atoms with Crippen LogP contribution in [0.2, 0.25) is 0 Å². The average molecular weight is 160 g/mol. The fourth-order valence-corrected chi connectivity index (χ4v) is 1.26. The molecular formula is C9H20O2. The summed E-state index contributed by atoms with van der Waals surface area (Å²) in [5.41, 5.74) is -0.479. The summed E-state index contributed by atoms with van der Waals surface area (Å²) in [5.74, 6) is 0. The minimum atomic E-state index is -0.479. The Morgan fingerprint density at radius 2 is 2.00 bits per heavy atom. The van der Waals surface area contributed by atoms with Gasteiger partial charge in [0.25, 0.3) is 0 Å². The first-order valence-electron chi connectivity index (χ1n) is 4.33. The van der Waals surface area contributed by atoms with Crippen molar-refractivity contribution in [2.45, 2.75) is 45.1 Å². The predicted molar refractivity (Wildman–Crippen MR) is 46.6 cm³/mol. The molecule has 0 spiro atoms. The molecule has 0 aromatic heterocycles. The molecule has 0 radical (unpaired) electrons. The van der Waals surface area contributed by atoms with E-state index in [-0.39, 0.29) is 0 Å². The Labute approximate surface area is 69.6 Å². The molecule has 0 saturated carbocycles. The van der Waals surface area contributed by atoms with Gasteiger partial charge in [-0.1, -0.05) is 13.3 Å². The van der Waals surface area contributed by atoms with Gasteiger partial charge in [0.15, 0.2) is 0 Å². The number of ether oxygens (including phenoxy) is 1. The number of hydrogen-bond acceptors (Lipinski definition) is 2. The number of methoxy groups -OCH3 is 1. The van der Waals surface area contributed by atoms with Gasteiger partial charge in [0.2, 0.25) is 0 Å². The van der Waals surface area contributed by atoms with E-state index in [1.807, 2.05) is 6.92 Å². The van der Waals surface area contributed by atoms with Crippen LogP contribution in [-0.4, -0.2) is 24.4 Å². The maximum absolute atomic E-state index is 9.69. The predicted octanol–water partition coefficient (Wildman–Crippen LogP) is 1.96. The largest absolute Gasteiger partial charge is 0.390 e. The number of aliphatic hydroxyl groups is 1. The highest BCUT2D eigenvalue weighted by Gasteiger charge is 2.17. The van der Waals surface area contributed by atoms with E-state index in [1.54, 1.807) is 7.11 Å². The van der Waals surface area contributed by atoms with Crippen LogP contribution in [-0.2, 0) is 4.74 Å². The Hall–Kier alpha value is -0.0800. The van der Waals surface area contributed by atoms with Crippen LogP contribution < -0.4 is 0 Å². The Bertz CT molecular complexity index is 89.6. The first-order valence-corrected chi connectivity index (χ1v) is 4.33. The number of rotatable bonds is 6. The van der Waals surface area contributed by atoms with Gasteiger partial charge in [-0.3, -0.25) is 0 Å². The molecule has 0 saturated heterocycles. The van der Waals surface area contributed by atoms with Crippen LogP contribution in [0.15, 0.2) is 0 Å². The SMILES string of the molecule is CCCC(C)(O)CCCOC. The zero-order valence-electron chi connectivity index (χ0n) is 7.89. The molecule has 2 heteroatoms. The van der Waals surface area contributed by atoms with Gasteiger partial charge in [0.05, 0.1) is 5.60 Å². The molecule has 2 nitrogen and oxygen atoms in total. The zero-order valence-corrected chi connectivity index (χ0v) is 7.89. The summed E-state index contributed by atoms with van der Waals surface area (Å²) >= 11 is 0. The van der Waals surface area contributed by atoms with Gasteiger partial charge in [-0.05, 0) is 26.2 Å². The van der Waals surface area contributed by atoms with Crippen LogP contribution in [0.5, 0.6) is 0 Å². The van der Waals surface area contributed by atoms with Gasteiger partial charge in [-0.2, -0.15) is 0 Å². The summed E-state index contributed by atoms with van der Waals surface area (Å²) in [6.07, 6.45) is 3.72. The normalized spacial score (nSPS) is 16.4. The fraction of sp³-hybridized carbons (Fsp3) is 1.00. The Morgan fingerprint density at radius 3 is 2.45 bits per heavy atom. The van der Waals surface area contributed by atoms with E-state index >= 15 is 0 Å². The summed E-state index contributed by atoms with van der Waals surface area (Å²) in [6.45, 7) is 4.73. The monoisotopic (exact) mass is 160 g/mol. The molecule has 0 rings (SSSR count). The van der Waals surface area contributed by atoms with E-state index in [2.05, 4.69) is 6.92 Å². The molecular weight excluding hydrogens is 140 g/mol. The molecule has 0 heterocycles. The fourth-order valence-electron chi connectivity index (χ4n) is 1.26. The lowest BCUT2D eigenvalue weighted by Gasteiger charge is -2.21. The zero-order chi connectivity index (χ0) is 8.74. The molecule has 0 aliphatic rings. The summed E-state index contributed by atoms with van der Waals surface area (Å²) in [6, 6.07) is 0. The Balaban J connectivity index is 3.38. The van der Waals surface area contributed by atoms with Gasteiger partial charge >= 0.3 is 0 Å². The molecule has 0 aromatic carbocycles. The van der Waals surface area contributed by atoms with Gasteiger partial charge in [0, 0.05) is 13.7 Å². The lowest BCUT2D eigenvalue weighted by molar-refractivity contribution is 0.0318. The molecule has 11 heavy (non-hydrogen) atoms. The van der Waals surface area contributed by atoms with Crippen LogP contribution >= 0.6 is 0 Å². The lowest BCUT2D eigenvalue weighted by Crippen LogP contribution is -2.23. The summed E-state index contributed by atoms with van der Waals surface area (Å²) in [7, 11) is 1.69. The maximum Gasteiger partial charge on any atom is 0.0620 e. The van der Waals surface area contributed by atoms with Crippen molar-refractivity contribution < 1.29 is 9.84 Å². The molecule has 0 fully saturated rings. The topological polar surface area (TPSA) is 29.5 Å². The summed E-state index contributed by atoms with van der Waals surface area (Å²) in [5, 5.41) is 9.69. The molecule has 68 valence electrons. The van der Waals surface area contributed by atoms with Crippen LogP contribution in [0.4, 0.5) is 0 Å². The Kier molecular flexibility index (Phi) is 5.51. The Morgan fingerprint density at radius 1 is 1.36 bits per heavy atom. The van der Waals surface area contributed by atoms with Crippen molar-refractivity contribution in [2.75, 3.05) is 13.7 Å². The van der Waals surface area contributed by atoms with E-state index in [0.29, 0.717) is 0 Å². The highest BCUT2D eigenvalue weighted by atomic mass is 16.5. The van der Waals surface area contributed by atoms with Gasteiger partial charge < -0.3 is 9.84 Å². The first kappa shape index (κ1) is 10.9. The van der Waals surface area contributed by atoms with E-state index in [0.717, 1.165) is 32.3 Å². The second-order valence-electron chi connectivity index (χ2n) is 3.34. The third-order valence-electron chi connectivity index (χ3n) is 1.85. The van der Waals surface area contributed by atoms with Crippen molar-refractivity contribution in [2.24, 2.45) is 0 Å². The van der Waals surface area contributed by atoms with Gasteiger partial charge in [-0.25, -0.2) is 0 Å². The molecule has 0 aliphatic carbocycles. The van der Waals surface area contributed by atoms with E-state index in [1.165, 1.54) is 0 Å². The third kappa shape index (κ3) is 6.32. The van der Waals surface area contributed by atoms with Crippen molar-refractivity contribution in [1.82, 2.24) is 0 Å². The van der Waals surface area contributed by atoms with Crippen LogP contribution in [0.25, 0.3) is 0 Å².